The summed E-state index contributed by atoms with van der Waals surface area (Å²) in [5.41, 5.74) is 14.4. The van der Waals surface area contributed by atoms with Crippen molar-refractivity contribution in [3.05, 3.63) is 47.4 Å². The Morgan fingerprint density at radius 1 is 1.09 bits per heavy atom. The molecule has 0 aliphatic carbocycles. The molecule has 1 aromatic carbocycles. The van der Waals surface area contributed by atoms with E-state index in [0.717, 1.165) is 11.1 Å². The Hall–Kier alpha value is -1.64. The first-order chi connectivity index (χ1) is 10.6. The van der Waals surface area contributed by atoms with Gasteiger partial charge in [0.25, 0.3) is 0 Å². The van der Waals surface area contributed by atoms with Gasteiger partial charge in [-0.1, -0.05) is 30.3 Å². The molecule has 0 radical (unpaired) electrons. The number of benzene rings is 1. The van der Waals surface area contributed by atoms with E-state index in [1.165, 1.54) is 24.3 Å². The van der Waals surface area contributed by atoms with Crippen LogP contribution in [0.2, 0.25) is 0 Å². The predicted molar refractivity (Wildman–Crippen MR) is 82.4 cm³/mol. The van der Waals surface area contributed by atoms with Gasteiger partial charge in [0.1, 0.15) is 6.17 Å². The van der Waals surface area contributed by atoms with Gasteiger partial charge in [-0.2, -0.15) is 5.06 Å². The highest BCUT2D eigenvalue weighted by Gasteiger charge is 2.39. The highest BCUT2D eigenvalue weighted by molar-refractivity contribution is 5.27. The topological polar surface area (TPSA) is 86.2 Å². The van der Waals surface area contributed by atoms with Crippen molar-refractivity contribution in [2.75, 3.05) is 20.8 Å². The van der Waals surface area contributed by atoms with Gasteiger partial charge < -0.3 is 10.5 Å². The van der Waals surface area contributed by atoms with Gasteiger partial charge in [-0.05, 0) is 12.5 Å². The molecule has 4 N–H and O–H groups in total. The van der Waals surface area contributed by atoms with E-state index in [4.69, 9.17) is 25.9 Å². The molecule has 1 aromatic rings. The van der Waals surface area contributed by atoms with Crippen LogP contribution in [0.3, 0.4) is 0 Å². The van der Waals surface area contributed by atoms with Gasteiger partial charge in [-0.25, -0.2) is 0 Å². The summed E-state index contributed by atoms with van der Waals surface area (Å²) < 4.78 is 5.74. The SMILES string of the molecule is CCOC1=C(Cc2ccccc2)C(N)N(OC)C(N)N1OC. The second-order valence-electron chi connectivity index (χ2n) is 4.84. The Bertz CT molecular complexity index is 509. The molecular weight excluding hydrogens is 284 g/mol. The predicted octanol–water partition coefficient (Wildman–Crippen LogP) is 0.745. The molecule has 2 atom stereocenters. The third-order valence-electron chi connectivity index (χ3n) is 3.53. The molecule has 0 saturated heterocycles. The zero-order valence-electron chi connectivity index (χ0n) is 13.2. The molecule has 7 nitrogen and oxygen atoms in total. The lowest BCUT2D eigenvalue weighted by molar-refractivity contribution is -0.299. The Balaban J connectivity index is 2.42. The highest BCUT2D eigenvalue weighted by atomic mass is 16.7. The summed E-state index contributed by atoms with van der Waals surface area (Å²) in [4.78, 5) is 10.7. The fraction of sp³-hybridized carbons (Fsp3) is 0.467. The molecular formula is C15H24N4O3. The first-order valence-corrected chi connectivity index (χ1v) is 7.20. The van der Waals surface area contributed by atoms with Crippen LogP contribution in [-0.2, 0) is 20.8 Å². The smallest absolute Gasteiger partial charge is 0.219 e. The molecule has 22 heavy (non-hydrogen) atoms. The van der Waals surface area contributed by atoms with E-state index in [2.05, 4.69) is 0 Å². The molecule has 0 aromatic heterocycles. The molecule has 122 valence electrons. The summed E-state index contributed by atoms with van der Waals surface area (Å²) in [5.74, 6) is 0.544. The molecule has 0 bridgehead atoms. The molecule has 0 amide bonds. The molecule has 1 heterocycles. The maximum absolute atomic E-state index is 6.31. The van der Waals surface area contributed by atoms with Crippen molar-refractivity contribution in [3.63, 3.8) is 0 Å². The van der Waals surface area contributed by atoms with E-state index in [0.29, 0.717) is 18.9 Å². The van der Waals surface area contributed by atoms with Crippen LogP contribution in [0.4, 0.5) is 0 Å². The van der Waals surface area contributed by atoms with Crippen LogP contribution in [-0.4, -0.2) is 43.4 Å². The number of hydrogen-bond acceptors (Lipinski definition) is 7. The minimum Gasteiger partial charge on any atom is -0.478 e. The van der Waals surface area contributed by atoms with Gasteiger partial charge in [0.05, 0.1) is 20.8 Å². The Labute approximate surface area is 130 Å². The average molecular weight is 308 g/mol. The van der Waals surface area contributed by atoms with E-state index in [1.54, 1.807) is 0 Å². The standard InChI is InChI=1S/C15H24N4O3/c1-4-22-14-12(10-11-8-6-5-7-9-11)13(16)18(20-2)15(17)19(14)21-3/h5-9,13,15H,4,10,16-17H2,1-3H3. The van der Waals surface area contributed by atoms with Crippen LogP contribution in [0.25, 0.3) is 0 Å². The number of hydroxylamine groups is 4. The van der Waals surface area contributed by atoms with Crippen LogP contribution in [0, 0.1) is 0 Å². The van der Waals surface area contributed by atoms with E-state index in [1.807, 2.05) is 37.3 Å². The van der Waals surface area contributed by atoms with Crippen LogP contribution < -0.4 is 11.5 Å². The molecule has 2 unspecified atom stereocenters. The molecule has 7 heteroatoms. The zero-order chi connectivity index (χ0) is 16.1. The largest absolute Gasteiger partial charge is 0.478 e. The minimum absolute atomic E-state index is 0.486. The molecule has 0 fully saturated rings. The summed E-state index contributed by atoms with van der Waals surface area (Å²) in [6, 6.07) is 10.0. The Kier molecular flexibility index (Phi) is 5.76. The second-order valence-corrected chi connectivity index (χ2v) is 4.84. The van der Waals surface area contributed by atoms with Crippen molar-refractivity contribution in [2.24, 2.45) is 11.5 Å². The average Bonchev–Trinajstić information content (AvgIpc) is 2.53. The van der Waals surface area contributed by atoms with Crippen LogP contribution in [0.15, 0.2) is 41.8 Å². The van der Waals surface area contributed by atoms with E-state index >= 15 is 0 Å². The van der Waals surface area contributed by atoms with Gasteiger partial charge in [0.15, 0.2) is 6.29 Å². The van der Waals surface area contributed by atoms with Crippen LogP contribution in [0.5, 0.6) is 0 Å². The van der Waals surface area contributed by atoms with Crippen LogP contribution in [0.1, 0.15) is 12.5 Å². The number of ether oxygens (including phenoxy) is 1. The maximum atomic E-state index is 6.31. The van der Waals surface area contributed by atoms with Gasteiger partial charge in [0, 0.05) is 12.0 Å². The lowest BCUT2D eigenvalue weighted by atomic mass is 10.0. The Morgan fingerprint density at radius 2 is 1.77 bits per heavy atom. The van der Waals surface area contributed by atoms with Gasteiger partial charge in [-0.15, -0.1) is 5.06 Å². The molecule has 2 rings (SSSR count). The summed E-state index contributed by atoms with van der Waals surface area (Å²) >= 11 is 0. The van der Waals surface area contributed by atoms with E-state index in [-0.39, 0.29) is 0 Å². The number of nitrogens with two attached hydrogens (primary N) is 2. The number of nitrogens with zero attached hydrogens (tertiary/aromatic N) is 2. The van der Waals surface area contributed by atoms with Crippen molar-refractivity contribution < 1.29 is 14.4 Å². The lowest BCUT2D eigenvalue weighted by Gasteiger charge is -2.44. The third-order valence-corrected chi connectivity index (χ3v) is 3.53. The van der Waals surface area contributed by atoms with Crippen molar-refractivity contribution in [1.29, 1.82) is 0 Å². The lowest BCUT2D eigenvalue weighted by Crippen LogP contribution is -2.63. The summed E-state index contributed by atoms with van der Waals surface area (Å²) in [6.07, 6.45) is -0.594. The Morgan fingerprint density at radius 3 is 2.32 bits per heavy atom. The van der Waals surface area contributed by atoms with Crippen molar-refractivity contribution >= 4 is 0 Å². The number of hydrogen-bond donors (Lipinski definition) is 2. The zero-order valence-corrected chi connectivity index (χ0v) is 13.2. The highest BCUT2D eigenvalue weighted by Crippen LogP contribution is 2.28. The van der Waals surface area contributed by atoms with Crippen molar-refractivity contribution in [3.8, 4) is 0 Å². The fourth-order valence-electron chi connectivity index (χ4n) is 2.51. The van der Waals surface area contributed by atoms with Crippen molar-refractivity contribution in [1.82, 2.24) is 10.1 Å². The van der Waals surface area contributed by atoms with Gasteiger partial charge in [-0.3, -0.25) is 15.4 Å². The third kappa shape index (κ3) is 3.23. The van der Waals surface area contributed by atoms with Crippen LogP contribution >= 0.6 is 0 Å². The molecule has 0 spiro atoms. The van der Waals surface area contributed by atoms with Gasteiger partial charge >= 0.3 is 0 Å². The fourth-order valence-corrected chi connectivity index (χ4v) is 2.51. The quantitative estimate of drug-likeness (QED) is 0.801. The number of rotatable bonds is 6. The first kappa shape index (κ1) is 16.7. The monoisotopic (exact) mass is 308 g/mol. The summed E-state index contributed by atoms with van der Waals surface area (Å²) in [5, 5.41) is 2.94. The second kappa shape index (κ2) is 7.57. The van der Waals surface area contributed by atoms with Crippen molar-refractivity contribution in [2.45, 2.75) is 25.8 Å². The summed E-state index contributed by atoms with van der Waals surface area (Å²) in [7, 11) is 3.06. The van der Waals surface area contributed by atoms with E-state index in [9.17, 15) is 0 Å². The maximum Gasteiger partial charge on any atom is 0.219 e. The molecule has 1 aliphatic heterocycles. The normalized spacial score (nSPS) is 23.0. The van der Waals surface area contributed by atoms with E-state index < -0.39 is 12.5 Å². The summed E-state index contributed by atoms with van der Waals surface area (Å²) in [6.45, 7) is 2.39. The minimum atomic E-state index is -0.689. The van der Waals surface area contributed by atoms with Gasteiger partial charge in [0.2, 0.25) is 5.88 Å². The molecule has 1 aliphatic rings. The first-order valence-electron chi connectivity index (χ1n) is 7.20. The molecule has 0 saturated carbocycles.